The number of para-hydroxylation sites is 1. The lowest BCUT2D eigenvalue weighted by molar-refractivity contribution is 0.0975. The number of amides is 1. The first-order valence-electron chi connectivity index (χ1n) is 9.16. The Balaban J connectivity index is 1.78. The van der Waals surface area contributed by atoms with E-state index < -0.39 is 0 Å². The van der Waals surface area contributed by atoms with Crippen LogP contribution in [0.4, 0.5) is 11.4 Å². The second-order valence-corrected chi connectivity index (χ2v) is 6.61. The number of nitrogens with zero attached hydrogens (tertiary/aromatic N) is 1. The molecular weight excluding hydrogens is 336 g/mol. The second kappa shape index (κ2) is 7.16. The number of aryl methyl sites for hydroxylation is 1. The second-order valence-electron chi connectivity index (χ2n) is 6.61. The van der Waals surface area contributed by atoms with Crippen molar-refractivity contribution in [1.82, 2.24) is 0 Å². The zero-order valence-corrected chi connectivity index (χ0v) is 15.5. The normalized spacial score (nSPS) is 15.9. The quantitative estimate of drug-likeness (QED) is 0.700. The Bertz CT molecular complexity index is 949. The van der Waals surface area contributed by atoms with Crippen molar-refractivity contribution in [3.63, 3.8) is 0 Å². The van der Waals surface area contributed by atoms with Crippen LogP contribution in [0.25, 0.3) is 0 Å². The van der Waals surface area contributed by atoms with Gasteiger partial charge in [-0.2, -0.15) is 0 Å². The first-order valence-corrected chi connectivity index (χ1v) is 9.16. The molecule has 0 aliphatic carbocycles. The van der Waals surface area contributed by atoms with Crippen molar-refractivity contribution in [2.45, 2.75) is 20.0 Å². The fraction of sp³-hybridized carbons (Fsp3) is 0.174. The smallest absolute Gasteiger partial charge is 0.262 e. The van der Waals surface area contributed by atoms with Crippen molar-refractivity contribution >= 4 is 17.3 Å². The maximum atomic E-state index is 13.3. The van der Waals surface area contributed by atoms with Crippen LogP contribution in [0.1, 0.15) is 34.6 Å². The van der Waals surface area contributed by atoms with Crippen LogP contribution in [0.5, 0.6) is 5.75 Å². The number of benzene rings is 3. The molecule has 3 aromatic rings. The average molecular weight is 358 g/mol. The summed E-state index contributed by atoms with van der Waals surface area (Å²) in [5, 5.41) is 3.52. The molecule has 27 heavy (non-hydrogen) atoms. The molecule has 1 aliphatic rings. The van der Waals surface area contributed by atoms with Gasteiger partial charge in [-0.15, -0.1) is 0 Å². The lowest BCUT2D eigenvalue weighted by Gasteiger charge is -2.38. The van der Waals surface area contributed by atoms with E-state index in [0.717, 1.165) is 28.3 Å². The van der Waals surface area contributed by atoms with Crippen LogP contribution in [-0.2, 0) is 0 Å². The molecule has 0 saturated heterocycles. The van der Waals surface area contributed by atoms with E-state index >= 15 is 0 Å². The summed E-state index contributed by atoms with van der Waals surface area (Å²) in [4.78, 5) is 15.1. The fourth-order valence-electron chi connectivity index (χ4n) is 3.37. The minimum atomic E-state index is -0.286. The molecule has 0 bridgehead atoms. The summed E-state index contributed by atoms with van der Waals surface area (Å²) in [6.07, 6.45) is -0.286. The Morgan fingerprint density at radius 1 is 0.963 bits per heavy atom. The zero-order valence-electron chi connectivity index (χ0n) is 15.5. The molecular formula is C23H22N2O2. The molecule has 1 atom stereocenters. The molecule has 4 nitrogen and oxygen atoms in total. The molecule has 0 saturated carbocycles. The Hall–Kier alpha value is -3.27. The largest absolute Gasteiger partial charge is 0.494 e. The first kappa shape index (κ1) is 17.2. The van der Waals surface area contributed by atoms with E-state index in [1.54, 1.807) is 0 Å². The zero-order chi connectivity index (χ0) is 18.8. The van der Waals surface area contributed by atoms with E-state index in [-0.39, 0.29) is 12.1 Å². The molecule has 1 aliphatic heterocycles. The summed E-state index contributed by atoms with van der Waals surface area (Å²) >= 11 is 0. The van der Waals surface area contributed by atoms with Crippen molar-refractivity contribution < 1.29 is 9.53 Å². The summed E-state index contributed by atoms with van der Waals surface area (Å²) in [6, 6.07) is 23.6. The van der Waals surface area contributed by atoms with Crippen LogP contribution in [0.2, 0.25) is 0 Å². The topological polar surface area (TPSA) is 41.6 Å². The highest BCUT2D eigenvalue weighted by Gasteiger charge is 2.33. The lowest BCUT2D eigenvalue weighted by Crippen LogP contribution is -2.43. The number of anilines is 2. The molecule has 1 unspecified atom stereocenters. The average Bonchev–Trinajstić information content (AvgIpc) is 2.70. The molecule has 0 spiro atoms. The van der Waals surface area contributed by atoms with E-state index in [4.69, 9.17) is 4.74 Å². The third-order valence-electron chi connectivity index (χ3n) is 4.75. The Kier molecular flexibility index (Phi) is 4.55. The van der Waals surface area contributed by atoms with E-state index in [2.05, 4.69) is 5.32 Å². The lowest BCUT2D eigenvalue weighted by atomic mass is 10.0. The molecule has 0 fully saturated rings. The van der Waals surface area contributed by atoms with E-state index in [1.165, 1.54) is 0 Å². The van der Waals surface area contributed by atoms with Crippen LogP contribution in [0.15, 0.2) is 72.8 Å². The number of fused-ring (bicyclic) bond motifs is 1. The number of hydrogen-bond acceptors (Lipinski definition) is 3. The minimum absolute atomic E-state index is 0.00733. The molecule has 1 amide bonds. The van der Waals surface area contributed by atoms with Gasteiger partial charge < -0.3 is 10.1 Å². The van der Waals surface area contributed by atoms with Crippen molar-refractivity contribution in [3.8, 4) is 5.75 Å². The van der Waals surface area contributed by atoms with Gasteiger partial charge in [0.25, 0.3) is 5.91 Å². The van der Waals surface area contributed by atoms with E-state index in [9.17, 15) is 4.79 Å². The monoisotopic (exact) mass is 358 g/mol. The summed E-state index contributed by atoms with van der Waals surface area (Å²) < 4.78 is 5.55. The van der Waals surface area contributed by atoms with Gasteiger partial charge in [-0.1, -0.05) is 42.0 Å². The fourth-order valence-corrected chi connectivity index (χ4v) is 3.37. The molecule has 4 rings (SSSR count). The van der Waals surface area contributed by atoms with E-state index in [1.807, 2.05) is 91.5 Å². The first-order chi connectivity index (χ1) is 13.2. The Morgan fingerprint density at radius 2 is 1.67 bits per heavy atom. The van der Waals surface area contributed by atoms with Crippen LogP contribution >= 0.6 is 0 Å². The highest BCUT2D eigenvalue weighted by atomic mass is 16.5. The van der Waals surface area contributed by atoms with Gasteiger partial charge >= 0.3 is 0 Å². The van der Waals surface area contributed by atoms with Crippen LogP contribution < -0.4 is 15.0 Å². The predicted molar refractivity (Wildman–Crippen MR) is 108 cm³/mol. The van der Waals surface area contributed by atoms with Gasteiger partial charge in [0, 0.05) is 11.4 Å². The van der Waals surface area contributed by atoms with Gasteiger partial charge in [-0.3, -0.25) is 9.69 Å². The van der Waals surface area contributed by atoms with Gasteiger partial charge in [0.1, 0.15) is 11.9 Å². The minimum Gasteiger partial charge on any atom is -0.494 e. The number of carbonyl (C=O) groups is 1. The summed E-state index contributed by atoms with van der Waals surface area (Å²) in [5.41, 5.74) is 4.56. The van der Waals surface area contributed by atoms with Crippen LogP contribution in [0.3, 0.4) is 0 Å². The molecule has 4 heteroatoms. The number of carbonyl (C=O) groups excluding carboxylic acids is 1. The standard InChI is InChI=1S/C23H22N2O2/c1-3-27-19-14-10-17(11-15-19)22-24-21-7-5-4-6-20(21)23(26)25(22)18-12-8-16(2)9-13-18/h4-15,22,24H,3H2,1-2H3. The highest BCUT2D eigenvalue weighted by molar-refractivity contribution is 6.12. The predicted octanol–water partition coefficient (Wildman–Crippen LogP) is 5.16. The highest BCUT2D eigenvalue weighted by Crippen LogP contribution is 2.37. The van der Waals surface area contributed by atoms with Crippen LogP contribution in [0, 0.1) is 6.92 Å². The van der Waals surface area contributed by atoms with Crippen molar-refractivity contribution in [2.75, 3.05) is 16.8 Å². The van der Waals surface area contributed by atoms with Gasteiger partial charge in [-0.25, -0.2) is 0 Å². The summed E-state index contributed by atoms with van der Waals surface area (Å²) in [5.74, 6) is 0.817. The summed E-state index contributed by atoms with van der Waals surface area (Å²) in [6.45, 7) is 4.63. The van der Waals surface area contributed by atoms with Gasteiger partial charge in [0.15, 0.2) is 0 Å². The maximum Gasteiger partial charge on any atom is 0.262 e. The third kappa shape index (κ3) is 3.26. The number of hydrogen-bond donors (Lipinski definition) is 1. The molecule has 0 aromatic heterocycles. The molecule has 1 N–H and O–H groups in total. The molecule has 0 radical (unpaired) electrons. The van der Waals surface area contributed by atoms with Crippen molar-refractivity contribution in [3.05, 3.63) is 89.5 Å². The SMILES string of the molecule is CCOc1ccc(C2Nc3ccccc3C(=O)N2c2ccc(C)cc2)cc1. The van der Waals surface area contributed by atoms with Crippen LogP contribution in [-0.4, -0.2) is 12.5 Å². The van der Waals surface area contributed by atoms with Gasteiger partial charge in [-0.05, 0) is 55.8 Å². The molecule has 3 aromatic carbocycles. The van der Waals surface area contributed by atoms with Gasteiger partial charge in [0.2, 0.25) is 0 Å². The van der Waals surface area contributed by atoms with Crippen molar-refractivity contribution in [2.24, 2.45) is 0 Å². The number of ether oxygens (including phenoxy) is 1. The molecule has 1 heterocycles. The Morgan fingerprint density at radius 3 is 2.37 bits per heavy atom. The maximum absolute atomic E-state index is 13.3. The third-order valence-corrected chi connectivity index (χ3v) is 4.75. The summed E-state index contributed by atoms with van der Waals surface area (Å²) in [7, 11) is 0. The van der Waals surface area contributed by atoms with E-state index in [0.29, 0.717) is 12.2 Å². The molecule has 136 valence electrons. The number of nitrogens with one attached hydrogen (secondary N) is 1. The Labute approximate surface area is 159 Å². The van der Waals surface area contributed by atoms with Gasteiger partial charge in [0.05, 0.1) is 12.2 Å². The van der Waals surface area contributed by atoms with Crippen molar-refractivity contribution in [1.29, 1.82) is 0 Å². The number of rotatable bonds is 4.